The number of para-hydroxylation sites is 2. The Kier molecular flexibility index (Phi) is 5.06. The second kappa shape index (κ2) is 7.59. The maximum atomic E-state index is 12.3. The van der Waals surface area contributed by atoms with Crippen molar-refractivity contribution in [1.82, 2.24) is 0 Å². The predicted molar refractivity (Wildman–Crippen MR) is 89.5 cm³/mol. The fourth-order valence-corrected chi connectivity index (χ4v) is 2.62. The lowest BCUT2D eigenvalue weighted by atomic mass is 9.86. The Morgan fingerprint density at radius 1 is 0.792 bits per heavy atom. The second-order valence-corrected chi connectivity index (χ2v) is 5.67. The van der Waals surface area contributed by atoms with Gasteiger partial charge in [0.2, 0.25) is 0 Å². The molecule has 0 bridgehead atoms. The van der Waals surface area contributed by atoms with E-state index in [1.807, 2.05) is 30.3 Å². The average Bonchev–Trinajstić information content (AvgIpc) is 2.63. The van der Waals surface area contributed by atoms with Gasteiger partial charge in [0.15, 0.2) is 0 Å². The van der Waals surface area contributed by atoms with Crippen LogP contribution in [0.5, 0.6) is 11.5 Å². The Morgan fingerprint density at radius 3 is 1.92 bits per heavy atom. The molecule has 0 amide bonds. The molecule has 122 valence electrons. The van der Waals surface area contributed by atoms with Gasteiger partial charge in [-0.1, -0.05) is 48.6 Å². The number of ether oxygens (including phenoxy) is 2. The van der Waals surface area contributed by atoms with Gasteiger partial charge < -0.3 is 9.47 Å². The first-order valence-electron chi connectivity index (χ1n) is 7.92. The van der Waals surface area contributed by atoms with Crippen LogP contribution in [-0.2, 0) is 9.59 Å². The van der Waals surface area contributed by atoms with Crippen molar-refractivity contribution in [3.8, 4) is 11.5 Å². The van der Waals surface area contributed by atoms with E-state index in [0.717, 1.165) is 0 Å². The zero-order valence-corrected chi connectivity index (χ0v) is 13.1. The molecular formula is C20H18O4. The third-order valence-electron chi connectivity index (χ3n) is 3.89. The van der Waals surface area contributed by atoms with E-state index < -0.39 is 5.92 Å². The SMILES string of the molecule is O=C(Oc1ccccc1)C1C=CCC(C(=O)Oc2ccccc2)C1. The summed E-state index contributed by atoms with van der Waals surface area (Å²) in [7, 11) is 0. The highest BCUT2D eigenvalue weighted by atomic mass is 16.5. The van der Waals surface area contributed by atoms with Crippen LogP contribution in [-0.4, -0.2) is 11.9 Å². The number of carbonyl (C=O) groups excluding carboxylic acids is 2. The first-order valence-corrected chi connectivity index (χ1v) is 7.92. The molecule has 0 N–H and O–H groups in total. The number of benzene rings is 2. The van der Waals surface area contributed by atoms with Crippen molar-refractivity contribution in [1.29, 1.82) is 0 Å². The van der Waals surface area contributed by atoms with E-state index in [-0.39, 0.29) is 17.9 Å². The molecule has 2 aromatic rings. The van der Waals surface area contributed by atoms with Crippen LogP contribution in [0.25, 0.3) is 0 Å². The van der Waals surface area contributed by atoms with Crippen LogP contribution in [0.2, 0.25) is 0 Å². The highest BCUT2D eigenvalue weighted by Gasteiger charge is 2.30. The standard InChI is InChI=1S/C20H18O4/c21-19(23-17-10-3-1-4-11-17)15-8-7-9-16(14-15)20(22)24-18-12-5-2-6-13-18/h1-8,10-13,15-16H,9,14H2. The normalized spacial score (nSPS) is 19.5. The van der Waals surface area contributed by atoms with Crippen molar-refractivity contribution in [3.63, 3.8) is 0 Å². The fraction of sp³-hybridized carbons (Fsp3) is 0.200. The highest BCUT2D eigenvalue weighted by molar-refractivity contribution is 5.80. The zero-order chi connectivity index (χ0) is 16.8. The summed E-state index contributed by atoms with van der Waals surface area (Å²) in [5, 5.41) is 0. The third kappa shape index (κ3) is 4.10. The van der Waals surface area contributed by atoms with Gasteiger partial charge in [-0.2, -0.15) is 0 Å². The van der Waals surface area contributed by atoms with Crippen molar-refractivity contribution in [2.45, 2.75) is 12.8 Å². The largest absolute Gasteiger partial charge is 0.426 e. The van der Waals surface area contributed by atoms with Crippen molar-refractivity contribution in [2.75, 3.05) is 0 Å². The summed E-state index contributed by atoms with van der Waals surface area (Å²) in [6, 6.07) is 17.9. The van der Waals surface area contributed by atoms with Crippen LogP contribution in [0, 0.1) is 11.8 Å². The van der Waals surface area contributed by atoms with Gasteiger partial charge in [-0.3, -0.25) is 9.59 Å². The minimum absolute atomic E-state index is 0.317. The summed E-state index contributed by atoms with van der Waals surface area (Å²) in [4.78, 5) is 24.6. The maximum absolute atomic E-state index is 12.3. The quantitative estimate of drug-likeness (QED) is 0.488. The Hall–Kier alpha value is -2.88. The number of rotatable bonds is 4. The number of hydrogen-bond donors (Lipinski definition) is 0. The molecule has 2 aromatic carbocycles. The molecule has 0 heterocycles. The zero-order valence-electron chi connectivity index (χ0n) is 13.1. The van der Waals surface area contributed by atoms with Crippen LogP contribution < -0.4 is 9.47 Å². The summed E-state index contributed by atoms with van der Waals surface area (Å²) < 4.78 is 10.7. The summed E-state index contributed by atoms with van der Waals surface area (Å²) in [5.74, 6) is -0.432. The molecule has 0 aromatic heterocycles. The van der Waals surface area contributed by atoms with E-state index in [9.17, 15) is 9.59 Å². The molecule has 0 saturated carbocycles. The Bertz CT molecular complexity index is 722. The molecule has 0 spiro atoms. The second-order valence-electron chi connectivity index (χ2n) is 5.67. The molecule has 2 atom stereocenters. The Balaban J connectivity index is 1.59. The molecule has 0 saturated heterocycles. The van der Waals surface area contributed by atoms with E-state index in [2.05, 4.69) is 0 Å². The smallest absolute Gasteiger partial charge is 0.318 e. The summed E-state index contributed by atoms with van der Waals surface area (Å²) in [6.07, 6.45) is 4.61. The van der Waals surface area contributed by atoms with E-state index in [1.54, 1.807) is 42.5 Å². The van der Waals surface area contributed by atoms with Gasteiger partial charge in [0.05, 0.1) is 11.8 Å². The van der Waals surface area contributed by atoms with Gasteiger partial charge in [0.25, 0.3) is 0 Å². The third-order valence-corrected chi connectivity index (χ3v) is 3.89. The molecule has 1 aliphatic rings. The summed E-state index contributed by atoms with van der Waals surface area (Å²) in [5.41, 5.74) is 0. The van der Waals surface area contributed by atoms with E-state index >= 15 is 0 Å². The molecule has 24 heavy (non-hydrogen) atoms. The molecule has 0 radical (unpaired) electrons. The van der Waals surface area contributed by atoms with Crippen LogP contribution in [0.3, 0.4) is 0 Å². The number of carbonyl (C=O) groups is 2. The highest BCUT2D eigenvalue weighted by Crippen LogP contribution is 2.27. The number of hydrogen-bond acceptors (Lipinski definition) is 4. The predicted octanol–water partition coefficient (Wildman–Crippen LogP) is 3.78. The molecule has 1 aliphatic carbocycles. The Labute approximate surface area is 140 Å². The lowest BCUT2D eigenvalue weighted by Crippen LogP contribution is -2.29. The van der Waals surface area contributed by atoms with Crippen molar-refractivity contribution in [2.24, 2.45) is 11.8 Å². The van der Waals surface area contributed by atoms with Crippen molar-refractivity contribution < 1.29 is 19.1 Å². The van der Waals surface area contributed by atoms with Crippen molar-refractivity contribution >= 4 is 11.9 Å². The Morgan fingerprint density at radius 2 is 1.33 bits per heavy atom. The van der Waals surface area contributed by atoms with Gasteiger partial charge >= 0.3 is 11.9 Å². The minimum Gasteiger partial charge on any atom is -0.426 e. The van der Waals surface area contributed by atoms with Crippen LogP contribution in [0.15, 0.2) is 72.8 Å². The van der Waals surface area contributed by atoms with Crippen molar-refractivity contribution in [3.05, 3.63) is 72.8 Å². The lowest BCUT2D eigenvalue weighted by Gasteiger charge is -2.22. The number of allylic oxidation sites excluding steroid dienone is 1. The molecule has 4 nitrogen and oxygen atoms in total. The van der Waals surface area contributed by atoms with Gasteiger partial charge in [0.1, 0.15) is 11.5 Å². The van der Waals surface area contributed by atoms with Crippen LogP contribution in [0.4, 0.5) is 0 Å². The van der Waals surface area contributed by atoms with E-state index in [0.29, 0.717) is 24.3 Å². The molecule has 4 heteroatoms. The lowest BCUT2D eigenvalue weighted by molar-refractivity contribution is -0.142. The van der Waals surface area contributed by atoms with Crippen LogP contribution in [0.1, 0.15) is 12.8 Å². The van der Waals surface area contributed by atoms with Crippen LogP contribution >= 0.6 is 0 Å². The molecule has 2 unspecified atom stereocenters. The molecule has 0 aliphatic heterocycles. The summed E-state index contributed by atoms with van der Waals surface area (Å²) in [6.45, 7) is 0. The topological polar surface area (TPSA) is 52.6 Å². The molecular weight excluding hydrogens is 304 g/mol. The van der Waals surface area contributed by atoms with Gasteiger partial charge in [-0.05, 0) is 37.1 Å². The minimum atomic E-state index is -0.438. The fourth-order valence-electron chi connectivity index (χ4n) is 2.62. The monoisotopic (exact) mass is 322 g/mol. The number of esters is 2. The van der Waals surface area contributed by atoms with Gasteiger partial charge in [-0.15, -0.1) is 0 Å². The first kappa shape index (κ1) is 16.0. The average molecular weight is 322 g/mol. The molecule has 0 fully saturated rings. The first-order chi connectivity index (χ1) is 11.7. The van der Waals surface area contributed by atoms with E-state index in [1.165, 1.54) is 0 Å². The van der Waals surface area contributed by atoms with Gasteiger partial charge in [0, 0.05) is 0 Å². The maximum Gasteiger partial charge on any atom is 0.318 e. The summed E-state index contributed by atoms with van der Waals surface area (Å²) >= 11 is 0. The van der Waals surface area contributed by atoms with E-state index in [4.69, 9.17) is 9.47 Å². The molecule has 3 rings (SSSR count). The van der Waals surface area contributed by atoms with Gasteiger partial charge in [-0.25, -0.2) is 0 Å².